The Hall–Kier alpha value is -0.970. The summed E-state index contributed by atoms with van der Waals surface area (Å²) in [6.07, 6.45) is 0. The first kappa shape index (κ1) is 14.1. The van der Waals surface area contributed by atoms with Crippen LogP contribution in [0.4, 0.5) is 13.2 Å². The molecule has 0 N–H and O–H groups in total. The molecule has 17 heavy (non-hydrogen) atoms. The predicted octanol–water partition coefficient (Wildman–Crippen LogP) is -0.0972. The van der Waals surface area contributed by atoms with E-state index in [0.717, 1.165) is 4.57 Å². The molecule has 6 nitrogen and oxygen atoms in total. The van der Waals surface area contributed by atoms with Gasteiger partial charge in [-0.05, 0) is 0 Å². The van der Waals surface area contributed by atoms with E-state index in [1.165, 1.54) is 18.8 Å². The Morgan fingerprint density at radius 2 is 2.06 bits per heavy atom. The maximum atomic E-state index is 12.1. The summed E-state index contributed by atoms with van der Waals surface area (Å²) in [5.74, 6) is 0.552. The van der Waals surface area contributed by atoms with Crippen LogP contribution in [0.15, 0.2) is 0 Å². The molecule has 11 heteroatoms. The van der Waals surface area contributed by atoms with Crippen LogP contribution in [0, 0.1) is 0 Å². The van der Waals surface area contributed by atoms with E-state index in [2.05, 4.69) is 21.9 Å². The van der Waals surface area contributed by atoms with E-state index in [1.807, 2.05) is 0 Å². The molecule has 0 aliphatic heterocycles. The molecule has 1 aromatic rings. The Bertz CT molecular complexity index is 523. The zero-order valence-electron chi connectivity index (χ0n) is 8.76. The van der Waals surface area contributed by atoms with Gasteiger partial charge in [0.2, 0.25) is 5.82 Å². The second kappa shape index (κ2) is 4.37. The van der Waals surface area contributed by atoms with Gasteiger partial charge < -0.3 is 4.18 Å². The predicted molar refractivity (Wildman–Crippen MR) is 52.7 cm³/mol. The highest BCUT2D eigenvalue weighted by Gasteiger charge is 2.50. The number of thiol groups is 1. The lowest BCUT2D eigenvalue weighted by atomic mass is 10.7. The van der Waals surface area contributed by atoms with E-state index in [0.29, 0.717) is 5.82 Å². The molecule has 1 rings (SSSR count). The average Bonchev–Trinajstić information content (AvgIpc) is 2.39. The van der Waals surface area contributed by atoms with Crippen LogP contribution in [0.2, 0.25) is 0 Å². The lowest BCUT2D eigenvalue weighted by Crippen LogP contribution is -2.37. The molecule has 0 unspecified atom stereocenters. The molecule has 0 bridgehead atoms. The van der Waals surface area contributed by atoms with Crippen LogP contribution < -0.4 is 8.75 Å². The molecular weight excluding hydrogens is 283 g/mol. The van der Waals surface area contributed by atoms with Crippen molar-refractivity contribution in [2.24, 2.45) is 14.1 Å². The maximum absolute atomic E-state index is 12.1. The van der Waals surface area contributed by atoms with E-state index in [-0.39, 0.29) is 5.75 Å². The minimum absolute atomic E-state index is 0.162. The molecule has 0 fully saturated rings. The summed E-state index contributed by atoms with van der Waals surface area (Å²) >= 11 is 3.92. The molecule has 0 aliphatic carbocycles. The SMILES string of the molecule is Cn1nc(OS(=O)(=O)C(F)(F)F)[n+](C)c1CS. The Labute approximate surface area is 101 Å². The fraction of sp³-hybridized carbons (Fsp3) is 0.667. The van der Waals surface area contributed by atoms with E-state index in [4.69, 9.17) is 0 Å². The van der Waals surface area contributed by atoms with Crippen LogP contribution >= 0.6 is 12.6 Å². The van der Waals surface area contributed by atoms with E-state index in [9.17, 15) is 21.6 Å². The summed E-state index contributed by atoms with van der Waals surface area (Å²) in [5.41, 5.74) is -5.49. The highest BCUT2D eigenvalue weighted by atomic mass is 32.2. The molecule has 1 aromatic heterocycles. The summed E-state index contributed by atoms with van der Waals surface area (Å²) in [4.78, 5) is 0. The lowest BCUT2D eigenvalue weighted by molar-refractivity contribution is -0.681. The Morgan fingerprint density at radius 1 is 1.53 bits per heavy atom. The first-order valence-corrected chi connectivity index (χ1v) is 6.17. The second-order valence-electron chi connectivity index (χ2n) is 3.02. The standard InChI is InChI=1S/C6H8F3N3O3S2/c1-11-4(3-16)12(2)10-5(11)15-17(13,14)6(7,8)9/h3H2,1-2H3/p+1. The summed E-state index contributed by atoms with van der Waals surface area (Å²) in [7, 11) is -2.96. The fourth-order valence-corrected chi connectivity index (χ4v) is 1.86. The number of aryl methyl sites for hydroxylation is 1. The fourth-order valence-electron chi connectivity index (χ4n) is 1.01. The van der Waals surface area contributed by atoms with Crippen molar-refractivity contribution in [1.82, 2.24) is 9.78 Å². The number of halogens is 3. The quantitative estimate of drug-likeness (QED) is 0.366. The molecule has 0 saturated heterocycles. The van der Waals surface area contributed by atoms with Crippen molar-refractivity contribution >= 4 is 22.7 Å². The van der Waals surface area contributed by atoms with Gasteiger partial charge in [-0.3, -0.25) is 0 Å². The zero-order chi connectivity index (χ0) is 13.4. The van der Waals surface area contributed by atoms with Crippen LogP contribution in [-0.4, -0.2) is 23.7 Å². The van der Waals surface area contributed by atoms with Gasteiger partial charge in [0, 0.05) is 0 Å². The minimum Gasteiger partial charge on any atom is -0.310 e. The summed E-state index contributed by atoms with van der Waals surface area (Å²) in [5, 5.41) is 3.51. The monoisotopic (exact) mass is 292 g/mol. The smallest absolute Gasteiger partial charge is 0.310 e. The van der Waals surface area contributed by atoms with E-state index >= 15 is 0 Å². The third-order valence-corrected chi connectivity index (χ3v) is 3.11. The first-order valence-electron chi connectivity index (χ1n) is 4.13. The van der Waals surface area contributed by atoms with Gasteiger partial charge in [-0.25, -0.2) is 0 Å². The molecule has 0 aliphatic rings. The van der Waals surface area contributed by atoms with Crippen LogP contribution in [0.1, 0.15) is 5.82 Å². The second-order valence-corrected chi connectivity index (χ2v) is 4.88. The largest absolute Gasteiger partial charge is 0.534 e. The number of rotatable bonds is 3. The number of aromatic nitrogens is 3. The van der Waals surface area contributed by atoms with Gasteiger partial charge in [0.1, 0.15) is 0 Å². The summed E-state index contributed by atoms with van der Waals surface area (Å²) in [6, 6.07) is -0.672. The highest BCUT2D eigenvalue weighted by molar-refractivity contribution is 7.87. The van der Waals surface area contributed by atoms with Crippen molar-refractivity contribution in [3.63, 3.8) is 0 Å². The van der Waals surface area contributed by atoms with Gasteiger partial charge in [-0.15, -0.1) is 4.68 Å². The Kier molecular flexibility index (Phi) is 3.62. The van der Waals surface area contributed by atoms with Gasteiger partial charge in [-0.2, -0.15) is 38.8 Å². The topological polar surface area (TPSA) is 65.1 Å². The van der Waals surface area contributed by atoms with E-state index < -0.39 is 21.6 Å². The number of nitrogens with zero attached hydrogens (tertiary/aromatic N) is 3. The third kappa shape index (κ3) is 2.65. The van der Waals surface area contributed by atoms with Crippen molar-refractivity contribution in [1.29, 1.82) is 0 Å². The van der Waals surface area contributed by atoms with Crippen LogP contribution in [0.25, 0.3) is 0 Å². The van der Waals surface area contributed by atoms with Crippen LogP contribution in [0.3, 0.4) is 0 Å². The summed E-state index contributed by atoms with van der Waals surface area (Å²) < 4.78 is 63.9. The molecule has 1 heterocycles. The number of alkyl halides is 3. The number of hydrogen-bond donors (Lipinski definition) is 1. The molecule has 0 amide bonds. The average molecular weight is 292 g/mol. The van der Waals surface area contributed by atoms with Gasteiger partial charge in [-0.1, -0.05) is 0 Å². The number of hydrogen-bond acceptors (Lipinski definition) is 5. The zero-order valence-corrected chi connectivity index (χ0v) is 10.5. The molecule has 0 spiro atoms. The van der Waals surface area contributed by atoms with Crippen molar-refractivity contribution < 1.29 is 30.3 Å². The van der Waals surface area contributed by atoms with Crippen molar-refractivity contribution in [3.8, 4) is 6.01 Å². The van der Waals surface area contributed by atoms with Crippen molar-refractivity contribution in [3.05, 3.63) is 5.82 Å². The molecule has 0 atom stereocenters. The summed E-state index contributed by atoms with van der Waals surface area (Å²) in [6.45, 7) is 0. The van der Waals surface area contributed by atoms with Crippen LogP contribution in [-0.2, 0) is 30.0 Å². The van der Waals surface area contributed by atoms with Gasteiger partial charge in [0.25, 0.3) is 0 Å². The Morgan fingerprint density at radius 3 is 2.41 bits per heavy atom. The molecule has 0 aromatic carbocycles. The van der Waals surface area contributed by atoms with Gasteiger partial charge in [0.15, 0.2) is 0 Å². The van der Waals surface area contributed by atoms with E-state index in [1.54, 1.807) is 0 Å². The lowest BCUT2D eigenvalue weighted by Gasteiger charge is -2.05. The van der Waals surface area contributed by atoms with Gasteiger partial charge in [0.05, 0.1) is 24.9 Å². The highest BCUT2D eigenvalue weighted by Crippen LogP contribution is 2.24. The maximum Gasteiger partial charge on any atom is 0.534 e. The van der Waals surface area contributed by atoms with Gasteiger partial charge >= 0.3 is 21.6 Å². The molecule has 0 radical (unpaired) electrons. The third-order valence-electron chi connectivity index (χ3n) is 1.89. The van der Waals surface area contributed by atoms with Crippen molar-refractivity contribution in [2.75, 3.05) is 0 Å². The molecular formula is C6H9F3N3O3S2+. The molecule has 98 valence electrons. The normalized spacial score (nSPS) is 12.8. The first-order chi connectivity index (χ1) is 7.60. The minimum atomic E-state index is -5.71. The molecule has 0 saturated carbocycles. The van der Waals surface area contributed by atoms with Crippen LogP contribution in [0.5, 0.6) is 6.01 Å². The van der Waals surface area contributed by atoms with Crippen molar-refractivity contribution in [2.45, 2.75) is 11.3 Å². The Balaban J connectivity index is 3.14.